The van der Waals surface area contributed by atoms with Gasteiger partial charge in [-0.25, -0.2) is 4.98 Å². The maximum atomic E-state index is 8.67. The lowest BCUT2D eigenvalue weighted by Gasteiger charge is -2.36. The van der Waals surface area contributed by atoms with Crippen molar-refractivity contribution in [3.63, 3.8) is 0 Å². The molecule has 1 aliphatic rings. The van der Waals surface area contributed by atoms with Crippen LogP contribution in [0.15, 0.2) is 18.3 Å². The zero-order valence-corrected chi connectivity index (χ0v) is 10.5. The summed E-state index contributed by atoms with van der Waals surface area (Å²) in [6, 6.07) is 5.55. The number of methoxy groups -OCH3 is 1. The van der Waals surface area contributed by atoms with Gasteiger partial charge in [0.25, 0.3) is 0 Å². The predicted octanol–water partition coefficient (Wildman–Crippen LogP) is 1.56. The van der Waals surface area contributed by atoms with Gasteiger partial charge in [0.1, 0.15) is 11.8 Å². The second-order valence-corrected chi connectivity index (χ2v) is 4.40. The van der Waals surface area contributed by atoms with E-state index in [0.29, 0.717) is 5.69 Å². The van der Waals surface area contributed by atoms with E-state index in [9.17, 15) is 0 Å². The van der Waals surface area contributed by atoms with Crippen LogP contribution in [0.5, 0.6) is 0 Å². The third-order valence-electron chi connectivity index (χ3n) is 3.33. The van der Waals surface area contributed by atoms with Crippen LogP contribution in [-0.2, 0) is 9.47 Å². The molecule has 0 unspecified atom stereocenters. The highest BCUT2D eigenvalue weighted by atomic mass is 16.5. The highest BCUT2D eigenvalue weighted by Crippen LogP contribution is 2.24. The van der Waals surface area contributed by atoms with Gasteiger partial charge in [-0.2, -0.15) is 5.26 Å². The van der Waals surface area contributed by atoms with Crippen LogP contribution < -0.4 is 5.32 Å². The third kappa shape index (κ3) is 2.97. The minimum Gasteiger partial charge on any atom is -0.381 e. The maximum Gasteiger partial charge on any atom is 0.140 e. The molecule has 1 aliphatic heterocycles. The first-order chi connectivity index (χ1) is 8.78. The monoisotopic (exact) mass is 247 g/mol. The molecule has 1 saturated heterocycles. The summed E-state index contributed by atoms with van der Waals surface area (Å²) in [7, 11) is 1.74. The van der Waals surface area contributed by atoms with Gasteiger partial charge in [-0.3, -0.25) is 0 Å². The van der Waals surface area contributed by atoms with E-state index >= 15 is 0 Å². The van der Waals surface area contributed by atoms with Crippen LogP contribution in [0.25, 0.3) is 0 Å². The van der Waals surface area contributed by atoms with E-state index in [2.05, 4.69) is 10.3 Å². The molecule has 1 aromatic rings. The summed E-state index contributed by atoms with van der Waals surface area (Å²) < 4.78 is 11.0. The van der Waals surface area contributed by atoms with Crippen LogP contribution in [0.2, 0.25) is 0 Å². The summed E-state index contributed by atoms with van der Waals surface area (Å²) in [5.41, 5.74) is 1.16. The molecule has 0 aliphatic carbocycles. The summed E-state index contributed by atoms with van der Waals surface area (Å²) in [5.74, 6) is 0. The Bertz CT molecular complexity index is 419. The highest BCUT2D eigenvalue weighted by Gasteiger charge is 2.32. The van der Waals surface area contributed by atoms with Gasteiger partial charge in [-0.1, -0.05) is 0 Å². The molecular weight excluding hydrogens is 230 g/mol. The van der Waals surface area contributed by atoms with Crippen molar-refractivity contribution in [2.75, 3.05) is 32.2 Å². The fraction of sp³-hybridized carbons (Fsp3) is 0.538. The second-order valence-electron chi connectivity index (χ2n) is 4.40. The van der Waals surface area contributed by atoms with Gasteiger partial charge < -0.3 is 14.8 Å². The van der Waals surface area contributed by atoms with Gasteiger partial charge in [0.05, 0.1) is 17.5 Å². The summed E-state index contributed by atoms with van der Waals surface area (Å²) in [6.07, 6.45) is 3.45. The minimum atomic E-state index is -0.161. The smallest absolute Gasteiger partial charge is 0.140 e. The Balaban J connectivity index is 1.94. The number of nitrogens with one attached hydrogen (secondary N) is 1. The van der Waals surface area contributed by atoms with E-state index in [1.165, 1.54) is 0 Å². The summed E-state index contributed by atoms with van der Waals surface area (Å²) in [6.45, 7) is 2.20. The Kier molecular flexibility index (Phi) is 4.13. The van der Waals surface area contributed by atoms with Crippen molar-refractivity contribution in [1.29, 1.82) is 5.26 Å². The van der Waals surface area contributed by atoms with Crippen molar-refractivity contribution in [2.24, 2.45) is 0 Å². The zero-order chi connectivity index (χ0) is 12.8. The molecule has 1 aromatic heterocycles. The first-order valence-corrected chi connectivity index (χ1v) is 6.01. The van der Waals surface area contributed by atoms with Crippen LogP contribution in [0.1, 0.15) is 18.5 Å². The Morgan fingerprint density at radius 2 is 2.28 bits per heavy atom. The topological polar surface area (TPSA) is 67.2 Å². The molecule has 0 bridgehead atoms. The van der Waals surface area contributed by atoms with Crippen LogP contribution in [0, 0.1) is 11.3 Å². The van der Waals surface area contributed by atoms with Gasteiger partial charge in [0.15, 0.2) is 0 Å². The Morgan fingerprint density at radius 1 is 1.50 bits per heavy atom. The molecule has 0 radical (unpaired) electrons. The number of anilines is 1. The fourth-order valence-electron chi connectivity index (χ4n) is 2.02. The Hall–Kier alpha value is -1.64. The van der Waals surface area contributed by atoms with Gasteiger partial charge in [-0.05, 0) is 12.1 Å². The van der Waals surface area contributed by atoms with E-state index in [1.807, 2.05) is 12.1 Å². The number of hydrogen-bond acceptors (Lipinski definition) is 5. The van der Waals surface area contributed by atoms with E-state index in [0.717, 1.165) is 38.3 Å². The van der Waals surface area contributed by atoms with Crippen molar-refractivity contribution in [3.8, 4) is 6.07 Å². The maximum absolute atomic E-state index is 8.67. The molecule has 1 fully saturated rings. The number of hydrogen-bond donors (Lipinski definition) is 1. The molecule has 5 heteroatoms. The number of rotatable bonds is 4. The van der Waals surface area contributed by atoms with Crippen molar-refractivity contribution in [2.45, 2.75) is 18.4 Å². The first-order valence-electron chi connectivity index (χ1n) is 6.01. The SMILES string of the molecule is COC1(CNc2ccc(C#N)nc2)CCOCC1. The normalized spacial score (nSPS) is 18.0. The average Bonchev–Trinajstić information content (AvgIpc) is 2.47. The molecule has 0 saturated carbocycles. The Morgan fingerprint density at radius 3 is 2.83 bits per heavy atom. The lowest BCUT2D eigenvalue weighted by atomic mass is 9.94. The molecule has 1 N–H and O–H groups in total. The highest BCUT2D eigenvalue weighted by molar-refractivity contribution is 5.43. The van der Waals surface area contributed by atoms with Crippen molar-refractivity contribution in [3.05, 3.63) is 24.0 Å². The predicted molar refractivity (Wildman–Crippen MR) is 67.2 cm³/mol. The van der Waals surface area contributed by atoms with Crippen molar-refractivity contribution in [1.82, 2.24) is 4.98 Å². The minimum absolute atomic E-state index is 0.161. The van der Waals surface area contributed by atoms with Crippen LogP contribution in [0.3, 0.4) is 0 Å². The van der Waals surface area contributed by atoms with E-state index in [4.69, 9.17) is 14.7 Å². The van der Waals surface area contributed by atoms with Crippen LogP contribution in [0.4, 0.5) is 5.69 Å². The number of aromatic nitrogens is 1. The molecule has 18 heavy (non-hydrogen) atoms. The molecule has 0 atom stereocenters. The molecule has 2 heterocycles. The average molecular weight is 247 g/mol. The van der Waals surface area contributed by atoms with Gasteiger partial charge in [0.2, 0.25) is 0 Å². The molecule has 2 rings (SSSR count). The van der Waals surface area contributed by atoms with Crippen molar-refractivity contribution < 1.29 is 9.47 Å². The number of ether oxygens (including phenoxy) is 2. The molecular formula is C13H17N3O2. The number of nitrogens with zero attached hydrogens (tertiary/aromatic N) is 2. The fourth-order valence-corrected chi connectivity index (χ4v) is 2.02. The van der Waals surface area contributed by atoms with Gasteiger partial charge in [0, 0.05) is 39.7 Å². The molecule has 96 valence electrons. The van der Waals surface area contributed by atoms with E-state index < -0.39 is 0 Å². The summed E-state index contributed by atoms with van der Waals surface area (Å²) >= 11 is 0. The van der Waals surface area contributed by atoms with E-state index in [-0.39, 0.29) is 5.60 Å². The van der Waals surface area contributed by atoms with Gasteiger partial charge in [-0.15, -0.1) is 0 Å². The Labute approximate surface area is 107 Å². The number of nitriles is 1. The lowest BCUT2D eigenvalue weighted by molar-refractivity contribution is -0.0807. The standard InChI is InChI=1S/C13H17N3O2/c1-17-13(4-6-18-7-5-13)10-16-12-3-2-11(8-14)15-9-12/h2-3,9,16H,4-7,10H2,1H3. The van der Waals surface area contributed by atoms with Crippen LogP contribution >= 0.6 is 0 Å². The van der Waals surface area contributed by atoms with Gasteiger partial charge >= 0.3 is 0 Å². The summed E-state index contributed by atoms with van der Waals surface area (Å²) in [5, 5.41) is 12.0. The molecule has 0 aromatic carbocycles. The lowest BCUT2D eigenvalue weighted by Crippen LogP contribution is -2.44. The third-order valence-corrected chi connectivity index (χ3v) is 3.33. The number of pyridine rings is 1. The zero-order valence-electron chi connectivity index (χ0n) is 10.5. The van der Waals surface area contributed by atoms with E-state index in [1.54, 1.807) is 19.4 Å². The largest absolute Gasteiger partial charge is 0.381 e. The quantitative estimate of drug-likeness (QED) is 0.874. The first kappa shape index (κ1) is 12.8. The molecule has 0 spiro atoms. The summed E-state index contributed by atoms with van der Waals surface area (Å²) in [4.78, 5) is 4.02. The second kappa shape index (κ2) is 5.80. The molecule has 5 nitrogen and oxygen atoms in total. The molecule has 0 amide bonds. The van der Waals surface area contributed by atoms with Crippen LogP contribution in [-0.4, -0.2) is 37.5 Å². The van der Waals surface area contributed by atoms with Crippen molar-refractivity contribution >= 4 is 5.69 Å².